The summed E-state index contributed by atoms with van der Waals surface area (Å²) in [4.78, 5) is 12.3. The normalized spacial score (nSPS) is 10.2. The third kappa shape index (κ3) is 3.18. The Hall–Kier alpha value is -1.42. The predicted molar refractivity (Wildman–Crippen MR) is 82.4 cm³/mol. The summed E-state index contributed by atoms with van der Waals surface area (Å²) in [5.74, 6) is -0.185. The summed E-state index contributed by atoms with van der Waals surface area (Å²) in [5.41, 5.74) is 0.738. The van der Waals surface area contributed by atoms with Gasteiger partial charge in [0.15, 0.2) is 5.75 Å². The van der Waals surface area contributed by atoms with Crippen LogP contribution in [-0.2, 0) is 0 Å². The largest absolute Gasteiger partial charge is 0.494 e. The smallest absolute Gasteiger partial charge is 0.261 e. The van der Waals surface area contributed by atoms with Gasteiger partial charge in [-0.25, -0.2) is 0 Å². The summed E-state index contributed by atoms with van der Waals surface area (Å²) < 4.78 is 5.14. The Bertz CT molecular complexity index is 659. The van der Waals surface area contributed by atoms with Crippen LogP contribution in [0.25, 0.3) is 0 Å². The van der Waals surface area contributed by atoms with Gasteiger partial charge in [-0.1, -0.05) is 40.9 Å². The third-order valence-corrected chi connectivity index (χ3v) is 3.42. The van der Waals surface area contributed by atoms with Crippen molar-refractivity contribution < 1.29 is 9.53 Å². The number of ether oxygens (including phenoxy) is 1. The van der Waals surface area contributed by atoms with Crippen LogP contribution in [-0.4, -0.2) is 13.0 Å². The monoisotopic (exact) mass is 329 g/mol. The summed E-state index contributed by atoms with van der Waals surface area (Å²) in [6, 6.07) is 9.90. The minimum absolute atomic E-state index is 0.182. The van der Waals surface area contributed by atoms with Gasteiger partial charge >= 0.3 is 0 Å². The van der Waals surface area contributed by atoms with Crippen molar-refractivity contribution in [3.8, 4) is 5.75 Å². The van der Waals surface area contributed by atoms with Crippen LogP contribution in [0.3, 0.4) is 0 Å². The molecule has 0 aliphatic carbocycles. The molecule has 0 heterocycles. The number of carbonyl (C=O) groups excluding carboxylic acids is 1. The summed E-state index contributed by atoms with van der Waals surface area (Å²) >= 11 is 17.9. The van der Waals surface area contributed by atoms with Crippen molar-refractivity contribution in [2.45, 2.75) is 0 Å². The zero-order valence-electron chi connectivity index (χ0n) is 10.4. The molecule has 0 unspecified atom stereocenters. The third-order valence-electron chi connectivity index (χ3n) is 2.57. The molecule has 0 saturated carbocycles. The van der Waals surface area contributed by atoms with Gasteiger partial charge in [-0.15, -0.1) is 0 Å². The number of rotatable bonds is 3. The van der Waals surface area contributed by atoms with Crippen molar-refractivity contribution >= 4 is 46.4 Å². The van der Waals surface area contributed by atoms with E-state index in [1.54, 1.807) is 36.4 Å². The minimum atomic E-state index is -0.420. The first-order chi connectivity index (χ1) is 9.52. The van der Waals surface area contributed by atoms with Gasteiger partial charge in [0.05, 0.1) is 17.2 Å². The van der Waals surface area contributed by atoms with Crippen LogP contribution < -0.4 is 10.1 Å². The zero-order chi connectivity index (χ0) is 14.7. The molecule has 0 aliphatic rings. The molecule has 2 rings (SSSR count). The second-order valence-corrected chi connectivity index (χ2v) is 5.15. The zero-order valence-corrected chi connectivity index (χ0v) is 12.7. The Morgan fingerprint density at radius 2 is 1.80 bits per heavy atom. The van der Waals surface area contributed by atoms with Gasteiger partial charge in [0.1, 0.15) is 5.56 Å². The maximum Gasteiger partial charge on any atom is 0.261 e. The van der Waals surface area contributed by atoms with E-state index in [1.165, 1.54) is 7.11 Å². The maximum atomic E-state index is 12.3. The van der Waals surface area contributed by atoms with Gasteiger partial charge in [0, 0.05) is 10.7 Å². The van der Waals surface area contributed by atoms with Crippen molar-refractivity contribution in [2.24, 2.45) is 0 Å². The van der Waals surface area contributed by atoms with E-state index in [-0.39, 0.29) is 16.3 Å². The Morgan fingerprint density at radius 3 is 2.45 bits per heavy atom. The molecular formula is C14H10Cl3NO2. The number of anilines is 1. The number of benzene rings is 2. The number of methoxy groups -OCH3 is 1. The van der Waals surface area contributed by atoms with E-state index in [0.29, 0.717) is 15.7 Å². The second kappa shape index (κ2) is 6.35. The van der Waals surface area contributed by atoms with E-state index >= 15 is 0 Å². The first-order valence-corrected chi connectivity index (χ1v) is 6.75. The van der Waals surface area contributed by atoms with Crippen molar-refractivity contribution in [1.29, 1.82) is 0 Å². The molecule has 0 atom stereocenters. The molecule has 104 valence electrons. The lowest BCUT2D eigenvalue weighted by Crippen LogP contribution is -2.14. The lowest BCUT2D eigenvalue weighted by Gasteiger charge is -2.12. The van der Waals surface area contributed by atoms with Crippen LogP contribution in [0.4, 0.5) is 5.69 Å². The van der Waals surface area contributed by atoms with Crippen molar-refractivity contribution in [3.63, 3.8) is 0 Å². The van der Waals surface area contributed by atoms with Crippen LogP contribution in [0.15, 0.2) is 36.4 Å². The SMILES string of the molecule is COc1c(Cl)ccc(Cl)c1C(=O)Nc1cccc(Cl)c1. The molecular weight excluding hydrogens is 321 g/mol. The molecule has 0 aromatic heterocycles. The fourth-order valence-corrected chi connectivity index (χ4v) is 2.36. The molecule has 1 amide bonds. The molecule has 0 aliphatic heterocycles. The minimum Gasteiger partial charge on any atom is -0.494 e. The van der Waals surface area contributed by atoms with Crippen LogP contribution in [0, 0.1) is 0 Å². The molecule has 1 N–H and O–H groups in total. The van der Waals surface area contributed by atoms with Crippen molar-refractivity contribution in [1.82, 2.24) is 0 Å². The molecule has 6 heteroatoms. The highest BCUT2D eigenvalue weighted by Gasteiger charge is 2.19. The molecule has 0 spiro atoms. The van der Waals surface area contributed by atoms with E-state index in [0.717, 1.165) is 0 Å². The maximum absolute atomic E-state index is 12.3. The summed E-state index contributed by atoms with van der Waals surface area (Å²) in [7, 11) is 1.42. The average Bonchev–Trinajstić information content (AvgIpc) is 2.40. The Labute approximate surface area is 131 Å². The predicted octanol–water partition coefficient (Wildman–Crippen LogP) is 4.91. The lowest BCUT2D eigenvalue weighted by atomic mass is 10.1. The van der Waals surface area contributed by atoms with Gasteiger partial charge in [-0.3, -0.25) is 4.79 Å². The Balaban J connectivity index is 2.37. The molecule has 2 aromatic rings. The highest BCUT2D eigenvalue weighted by molar-refractivity contribution is 6.38. The summed E-state index contributed by atoms with van der Waals surface area (Å²) in [5, 5.41) is 3.78. The standard InChI is InChI=1S/C14H10Cl3NO2/c1-20-13-11(17)6-5-10(16)12(13)14(19)18-9-4-2-3-8(15)7-9/h2-7H,1H3,(H,18,19). The van der Waals surface area contributed by atoms with E-state index < -0.39 is 5.91 Å². The van der Waals surface area contributed by atoms with Gasteiger partial charge in [0.25, 0.3) is 5.91 Å². The molecule has 0 saturated heterocycles. The second-order valence-electron chi connectivity index (χ2n) is 3.90. The van der Waals surface area contributed by atoms with Crippen LogP contribution >= 0.6 is 34.8 Å². The summed E-state index contributed by atoms with van der Waals surface area (Å²) in [6.45, 7) is 0. The number of carbonyl (C=O) groups is 1. The summed E-state index contributed by atoms with van der Waals surface area (Å²) in [6.07, 6.45) is 0. The average molecular weight is 331 g/mol. The van der Waals surface area contributed by atoms with Crippen LogP contribution in [0.5, 0.6) is 5.75 Å². The molecule has 0 bridgehead atoms. The van der Waals surface area contributed by atoms with Gasteiger partial charge < -0.3 is 10.1 Å². The molecule has 0 fully saturated rings. The van der Waals surface area contributed by atoms with E-state index in [1.807, 2.05) is 0 Å². The number of hydrogen-bond donors (Lipinski definition) is 1. The fraction of sp³-hybridized carbons (Fsp3) is 0.0714. The van der Waals surface area contributed by atoms with Crippen LogP contribution in [0.2, 0.25) is 15.1 Å². The number of nitrogens with one attached hydrogen (secondary N) is 1. The number of amides is 1. The van der Waals surface area contributed by atoms with E-state index in [2.05, 4.69) is 5.32 Å². The highest BCUT2D eigenvalue weighted by atomic mass is 35.5. The van der Waals surface area contributed by atoms with E-state index in [4.69, 9.17) is 39.5 Å². The molecule has 2 aromatic carbocycles. The molecule has 20 heavy (non-hydrogen) atoms. The lowest BCUT2D eigenvalue weighted by molar-refractivity contribution is 0.102. The first-order valence-electron chi connectivity index (χ1n) is 5.62. The fourth-order valence-electron chi connectivity index (χ4n) is 1.70. The highest BCUT2D eigenvalue weighted by Crippen LogP contribution is 2.34. The Kier molecular flexibility index (Phi) is 4.76. The number of halogens is 3. The molecule has 3 nitrogen and oxygen atoms in total. The van der Waals surface area contributed by atoms with Crippen molar-refractivity contribution in [2.75, 3.05) is 12.4 Å². The quantitative estimate of drug-likeness (QED) is 0.868. The molecule has 0 radical (unpaired) electrons. The van der Waals surface area contributed by atoms with Gasteiger partial charge in [-0.2, -0.15) is 0 Å². The topological polar surface area (TPSA) is 38.3 Å². The van der Waals surface area contributed by atoms with Gasteiger partial charge in [0.2, 0.25) is 0 Å². The number of hydrogen-bond acceptors (Lipinski definition) is 2. The van der Waals surface area contributed by atoms with Crippen LogP contribution in [0.1, 0.15) is 10.4 Å². The van der Waals surface area contributed by atoms with Crippen molar-refractivity contribution in [3.05, 3.63) is 57.0 Å². The Morgan fingerprint density at radius 1 is 1.10 bits per heavy atom. The first kappa shape index (κ1) is 15.0. The van der Waals surface area contributed by atoms with Gasteiger partial charge in [-0.05, 0) is 30.3 Å². The van der Waals surface area contributed by atoms with E-state index in [9.17, 15) is 4.79 Å².